The lowest BCUT2D eigenvalue weighted by atomic mass is 9.76. The minimum atomic E-state index is -0.211. The summed E-state index contributed by atoms with van der Waals surface area (Å²) in [5.41, 5.74) is 2.94. The molecule has 3 aromatic carbocycles. The SMILES string of the molecule is O=C(c1ccc(Cl)cc1)N1CC(CN2CCC3(CC2)CCN(Cc2ccc(Br)cc2)C3=O)C(c2ccccc2)C1. The van der Waals surface area contributed by atoms with E-state index in [2.05, 4.69) is 62.1 Å². The molecule has 3 heterocycles. The van der Waals surface area contributed by atoms with Crippen molar-refractivity contribution in [1.82, 2.24) is 14.7 Å². The van der Waals surface area contributed by atoms with Crippen LogP contribution in [0.3, 0.4) is 0 Å². The summed E-state index contributed by atoms with van der Waals surface area (Å²) in [4.78, 5) is 33.5. The maximum atomic E-state index is 13.6. The molecule has 0 radical (unpaired) electrons. The molecule has 2 amide bonds. The molecular formula is C33H35BrClN3O2. The normalized spacial score (nSPS) is 22.8. The van der Waals surface area contributed by atoms with Crippen LogP contribution in [-0.4, -0.2) is 65.8 Å². The van der Waals surface area contributed by atoms with E-state index in [-0.39, 0.29) is 11.3 Å². The van der Waals surface area contributed by atoms with Gasteiger partial charge in [0.15, 0.2) is 0 Å². The van der Waals surface area contributed by atoms with Crippen molar-refractivity contribution in [3.8, 4) is 0 Å². The number of carbonyl (C=O) groups excluding carboxylic acids is 2. The summed E-state index contributed by atoms with van der Waals surface area (Å²) in [6, 6.07) is 26.1. The van der Waals surface area contributed by atoms with Crippen LogP contribution in [-0.2, 0) is 11.3 Å². The van der Waals surface area contributed by atoms with Gasteiger partial charge in [0.25, 0.3) is 5.91 Å². The number of amides is 2. The van der Waals surface area contributed by atoms with E-state index >= 15 is 0 Å². The Morgan fingerprint density at radius 3 is 2.25 bits per heavy atom. The zero-order chi connectivity index (χ0) is 27.7. The molecule has 5 nitrogen and oxygen atoms in total. The molecular weight excluding hydrogens is 586 g/mol. The highest BCUT2D eigenvalue weighted by Crippen LogP contribution is 2.43. The summed E-state index contributed by atoms with van der Waals surface area (Å²) in [6.45, 7) is 5.80. The van der Waals surface area contributed by atoms with Crippen LogP contribution < -0.4 is 0 Å². The van der Waals surface area contributed by atoms with Crippen molar-refractivity contribution in [3.63, 3.8) is 0 Å². The summed E-state index contributed by atoms with van der Waals surface area (Å²) >= 11 is 9.55. The Bertz CT molecular complexity index is 1340. The Hall–Kier alpha value is -2.67. The van der Waals surface area contributed by atoms with Crippen LogP contribution in [0, 0.1) is 11.3 Å². The molecule has 0 aromatic heterocycles. The average molecular weight is 621 g/mol. The maximum absolute atomic E-state index is 13.6. The van der Waals surface area contributed by atoms with Gasteiger partial charge in [-0.1, -0.05) is 70.0 Å². The third-order valence-electron chi connectivity index (χ3n) is 9.24. The fraction of sp³-hybridized carbons (Fsp3) is 0.394. The van der Waals surface area contributed by atoms with Crippen LogP contribution in [0.1, 0.15) is 46.7 Å². The Kier molecular flexibility index (Phi) is 8.02. The topological polar surface area (TPSA) is 43.9 Å². The van der Waals surface area contributed by atoms with Gasteiger partial charge < -0.3 is 14.7 Å². The molecule has 7 heteroatoms. The van der Waals surface area contributed by atoms with Crippen molar-refractivity contribution in [2.75, 3.05) is 39.3 Å². The highest BCUT2D eigenvalue weighted by molar-refractivity contribution is 9.10. The van der Waals surface area contributed by atoms with Crippen molar-refractivity contribution < 1.29 is 9.59 Å². The second-order valence-corrected chi connectivity index (χ2v) is 13.0. The second-order valence-electron chi connectivity index (χ2n) is 11.7. The first kappa shape index (κ1) is 27.5. The number of hydrogen-bond donors (Lipinski definition) is 0. The number of halogens is 2. The zero-order valence-corrected chi connectivity index (χ0v) is 25.0. The first-order valence-corrected chi connectivity index (χ1v) is 15.4. The van der Waals surface area contributed by atoms with Crippen molar-refractivity contribution in [2.24, 2.45) is 11.3 Å². The van der Waals surface area contributed by atoms with Gasteiger partial charge in [-0.2, -0.15) is 0 Å². The first-order chi connectivity index (χ1) is 19.4. The van der Waals surface area contributed by atoms with E-state index in [9.17, 15) is 9.59 Å². The molecule has 0 N–H and O–H groups in total. The number of likely N-dealkylation sites (tertiary alicyclic amines) is 3. The largest absolute Gasteiger partial charge is 0.338 e. The number of hydrogen-bond acceptors (Lipinski definition) is 3. The minimum absolute atomic E-state index is 0.0695. The molecule has 6 rings (SSSR count). The summed E-state index contributed by atoms with van der Waals surface area (Å²) in [5, 5.41) is 0.637. The van der Waals surface area contributed by atoms with E-state index in [1.165, 1.54) is 11.1 Å². The highest BCUT2D eigenvalue weighted by atomic mass is 79.9. The van der Waals surface area contributed by atoms with Crippen molar-refractivity contribution in [1.29, 1.82) is 0 Å². The lowest BCUT2D eigenvalue weighted by Crippen LogP contribution is -2.46. The fourth-order valence-corrected chi connectivity index (χ4v) is 7.28. The van der Waals surface area contributed by atoms with Crippen LogP contribution >= 0.6 is 27.5 Å². The Balaban J connectivity index is 1.10. The molecule has 2 atom stereocenters. The zero-order valence-electron chi connectivity index (χ0n) is 22.6. The van der Waals surface area contributed by atoms with Gasteiger partial charge in [0, 0.05) is 53.7 Å². The van der Waals surface area contributed by atoms with Crippen molar-refractivity contribution in [2.45, 2.75) is 31.7 Å². The molecule has 1 spiro atoms. The summed E-state index contributed by atoms with van der Waals surface area (Å²) in [6.07, 6.45) is 2.78. The number of piperidine rings is 1. The van der Waals surface area contributed by atoms with Gasteiger partial charge >= 0.3 is 0 Å². The predicted octanol–water partition coefficient (Wildman–Crippen LogP) is 6.47. The second kappa shape index (κ2) is 11.7. The maximum Gasteiger partial charge on any atom is 0.253 e. The number of nitrogens with zero attached hydrogens (tertiary/aromatic N) is 3. The fourth-order valence-electron chi connectivity index (χ4n) is 6.89. The van der Waals surface area contributed by atoms with E-state index in [0.717, 1.165) is 63.0 Å². The van der Waals surface area contributed by atoms with Gasteiger partial charge in [-0.3, -0.25) is 9.59 Å². The summed E-state index contributed by atoms with van der Waals surface area (Å²) in [5.74, 6) is 1.04. The number of carbonyl (C=O) groups is 2. The first-order valence-electron chi connectivity index (χ1n) is 14.3. The molecule has 2 unspecified atom stereocenters. The van der Waals surface area contributed by atoms with Gasteiger partial charge in [-0.05, 0) is 85.8 Å². The van der Waals surface area contributed by atoms with E-state index in [1.807, 2.05) is 35.2 Å². The minimum Gasteiger partial charge on any atom is -0.338 e. The van der Waals surface area contributed by atoms with Crippen LogP contribution in [0.5, 0.6) is 0 Å². The number of benzene rings is 3. The third kappa shape index (κ3) is 5.72. The lowest BCUT2D eigenvalue weighted by molar-refractivity contribution is -0.139. The molecule has 208 valence electrons. The molecule has 3 aliphatic heterocycles. The standard InChI is InChI=1S/C33H35BrClN3O2/c34-28-10-6-24(7-11-28)20-37-19-16-33(32(37)40)14-17-36(18-15-33)21-27-22-38(23-30(27)25-4-2-1-3-5-25)31(39)26-8-12-29(35)13-9-26/h1-13,27,30H,14-23H2. The molecule has 3 aliphatic rings. The summed E-state index contributed by atoms with van der Waals surface area (Å²) in [7, 11) is 0. The average Bonchev–Trinajstić information content (AvgIpc) is 3.53. The van der Waals surface area contributed by atoms with Crippen molar-refractivity contribution in [3.05, 3.63) is 105 Å². The number of rotatable bonds is 6. The lowest BCUT2D eigenvalue weighted by Gasteiger charge is -2.39. The van der Waals surface area contributed by atoms with Gasteiger partial charge in [0.2, 0.25) is 5.91 Å². The van der Waals surface area contributed by atoms with E-state index in [4.69, 9.17) is 11.6 Å². The Morgan fingerprint density at radius 2 is 1.55 bits per heavy atom. The molecule has 3 aromatic rings. The van der Waals surface area contributed by atoms with E-state index < -0.39 is 0 Å². The molecule has 3 saturated heterocycles. The van der Waals surface area contributed by atoms with Crippen LogP contribution in [0.4, 0.5) is 0 Å². The van der Waals surface area contributed by atoms with Gasteiger partial charge in [0.05, 0.1) is 5.41 Å². The van der Waals surface area contributed by atoms with E-state index in [1.54, 1.807) is 12.1 Å². The monoisotopic (exact) mass is 619 g/mol. The van der Waals surface area contributed by atoms with Crippen LogP contribution in [0.2, 0.25) is 5.02 Å². The van der Waals surface area contributed by atoms with Gasteiger partial charge in [0.1, 0.15) is 0 Å². The quantitative estimate of drug-likeness (QED) is 0.317. The van der Waals surface area contributed by atoms with Gasteiger partial charge in [-0.25, -0.2) is 0 Å². The molecule has 0 aliphatic carbocycles. The molecule has 0 saturated carbocycles. The Labute approximate surface area is 250 Å². The van der Waals surface area contributed by atoms with Crippen LogP contribution in [0.25, 0.3) is 0 Å². The molecule has 3 fully saturated rings. The van der Waals surface area contributed by atoms with Gasteiger partial charge in [-0.15, -0.1) is 0 Å². The predicted molar refractivity (Wildman–Crippen MR) is 162 cm³/mol. The molecule has 0 bridgehead atoms. The third-order valence-corrected chi connectivity index (χ3v) is 10.0. The van der Waals surface area contributed by atoms with Crippen molar-refractivity contribution >= 4 is 39.3 Å². The Morgan fingerprint density at radius 1 is 0.875 bits per heavy atom. The summed E-state index contributed by atoms with van der Waals surface area (Å²) < 4.78 is 1.06. The van der Waals surface area contributed by atoms with E-state index in [0.29, 0.717) is 34.9 Å². The van der Waals surface area contributed by atoms with Crippen LogP contribution in [0.15, 0.2) is 83.3 Å². The highest BCUT2D eigenvalue weighted by Gasteiger charge is 2.48. The smallest absolute Gasteiger partial charge is 0.253 e. The molecule has 40 heavy (non-hydrogen) atoms.